The number of carboxylic acids is 1. The molecule has 154 valence electrons. The number of unbranched alkanes of at least 4 members (excludes halogenated alkanes) is 1. The SMILES string of the molecule is O=C(CCCCc1cn(-c2cccc(C(=O)O)c2)nn1)NC1CCCC2(CC2)C1. The summed E-state index contributed by atoms with van der Waals surface area (Å²) in [6.07, 6.45) is 12.4. The van der Waals surface area contributed by atoms with E-state index in [4.69, 9.17) is 5.11 Å². The van der Waals surface area contributed by atoms with E-state index in [1.54, 1.807) is 28.9 Å². The van der Waals surface area contributed by atoms with Crippen molar-refractivity contribution in [2.45, 2.75) is 70.3 Å². The summed E-state index contributed by atoms with van der Waals surface area (Å²) in [5.74, 6) is -0.798. The van der Waals surface area contributed by atoms with Gasteiger partial charge in [-0.2, -0.15) is 0 Å². The fourth-order valence-electron chi connectivity index (χ4n) is 4.42. The van der Waals surface area contributed by atoms with Crippen LogP contribution >= 0.6 is 0 Å². The summed E-state index contributed by atoms with van der Waals surface area (Å²) in [5, 5.41) is 20.6. The Morgan fingerprint density at radius 2 is 2.10 bits per heavy atom. The van der Waals surface area contributed by atoms with E-state index in [2.05, 4.69) is 15.6 Å². The molecule has 1 heterocycles. The van der Waals surface area contributed by atoms with Crippen LogP contribution in [-0.4, -0.2) is 38.0 Å². The van der Waals surface area contributed by atoms with E-state index >= 15 is 0 Å². The van der Waals surface area contributed by atoms with Crippen LogP contribution < -0.4 is 5.32 Å². The van der Waals surface area contributed by atoms with Crippen molar-refractivity contribution >= 4 is 11.9 Å². The number of hydrogen-bond acceptors (Lipinski definition) is 4. The Bertz CT molecular complexity index is 888. The molecule has 0 radical (unpaired) electrons. The van der Waals surface area contributed by atoms with Crippen LogP contribution in [0.3, 0.4) is 0 Å². The van der Waals surface area contributed by atoms with E-state index in [1.165, 1.54) is 32.1 Å². The number of aromatic nitrogens is 3. The molecule has 1 aromatic carbocycles. The molecule has 7 nitrogen and oxygen atoms in total. The van der Waals surface area contributed by atoms with E-state index in [1.807, 2.05) is 6.20 Å². The largest absolute Gasteiger partial charge is 0.478 e. The number of carbonyl (C=O) groups excluding carboxylic acids is 1. The van der Waals surface area contributed by atoms with E-state index < -0.39 is 5.97 Å². The molecule has 0 aliphatic heterocycles. The van der Waals surface area contributed by atoms with Crippen molar-refractivity contribution < 1.29 is 14.7 Å². The van der Waals surface area contributed by atoms with E-state index in [0.717, 1.165) is 31.4 Å². The highest BCUT2D eigenvalue weighted by atomic mass is 16.4. The minimum absolute atomic E-state index is 0.168. The smallest absolute Gasteiger partial charge is 0.335 e. The second kappa shape index (κ2) is 8.35. The van der Waals surface area contributed by atoms with Crippen LogP contribution in [0, 0.1) is 5.41 Å². The molecule has 7 heteroatoms. The van der Waals surface area contributed by atoms with Gasteiger partial charge in [0.2, 0.25) is 5.91 Å². The lowest BCUT2D eigenvalue weighted by molar-refractivity contribution is -0.122. The van der Waals surface area contributed by atoms with Crippen molar-refractivity contribution in [3.05, 3.63) is 41.7 Å². The van der Waals surface area contributed by atoms with Crippen molar-refractivity contribution in [1.29, 1.82) is 0 Å². The number of nitrogens with one attached hydrogen (secondary N) is 1. The Labute approximate surface area is 170 Å². The number of carboxylic acid groups (broad SMARTS) is 1. The van der Waals surface area contributed by atoms with Gasteiger partial charge in [0, 0.05) is 12.5 Å². The van der Waals surface area contributed by atoms with E-state index in [9.17, 15) is 9.59 Å². The standard InChI is InChI=1S/C22H28N4O3/c27-20(23-17-7-4-10-22(14-17)11-12-22)9-2-1-6-18-15-26(25-24-18)19-8-3-5-16(13-19)21(28)29/h3,5,8,13,15,17H,1-2,4,6-7,9-12,14H2,(H,23,27)(H,28,29). The Balaban J connectivity index is 1.20. The van der Waals surface area contributed by atoms with Crippen LogP contribution in [-0.2, 0) is 11.2 Å². The van der Waals surface area contributed by atoms with Crippen LogP contribution in [0.4, 0.5) is 0 Å². The van der Waals surface area contributed by atoms with E-state index in [0.29, 0.717) is 23.6 Å². The van der Waals surface area contributed by atoms with Gasteiger partial charge in [-0.3, -0.25) is 4.79 Å². The van der Waals surface area contributed by atoms with Crippen LogP contribution in [0.1, 0.15) is 73.8 Å². The van der Waals surface area contributed by atoms with Gasteiger partial charge in [0.15, 0.2) is 0 Å². The highest BCUT2D eigenvalue weighted by molar-refractivity contribution is 5.88. The zero-order valence-electron chi connectivity index (χ0n) is 16.6. The third-order valence-corrected chi connectivity index (χ3v) is 6.25. The van der Waals surface area contributed by atoms with Gasteiger partial charge in [0.05, 0.1) is 23.1 Å². The van der Waals surface area contributed by atoms with Crippen LogP contribution in [0.15, 0.2) is 30.5 Å². The zero-order valence-corrected chi connectivity index (χ0v) is 16.6. The molecule has 0 bridgehead atoms. The molecular weight excluding hydrogens is 368 g/mol. The monoisotopic (exact) mass is 396 g/mol. The van der Waals surface area contributed by atoms with Gasteiger partial charge in [-0.05, 0) is 75.0 Å². The summed E-state index contributed by atoms with van der Waals surface area (Å²) in [5.41, 5.74) is 2.31. The van der Waals surface area contributed by atoms with Gasteiger partial charge in [-0.15, -0.1) is 5.10 Å². The minimum Gasteiger partial charge on any atom is -0.478 e. The molecule has 2 aliphatic rings. The van der Waals surface area contributed by atoms with Crippen LogP contribution in [0.2, 0.25) is 0 Å². The first-order chi connectivity index (χ1) is 14.0. The molecule has 1 amide bonds. The van der Waals surface area contributed by atoms with Gasteiger partial charge in [0.25, 0.3) is 0 Å². The summed E-state index contributed by atoms with van der Waals surface area (Å²) >= 11 is 0. The predicted molar refractivity (Wildman–Crippen MR) is 108 cm³/mol. The third-order valence-electron chi connectivity index (χ3n) is 6.25. The fraction of sp³-hybridized carbons (Fsp3) is 0.545. The highest BCUT2D eigenvalue weighted by Gasteiger charge is 2.45. The lowest BCUT2D eigenvalue weighted by Crippen LogP contribution is -2.38. The topological polar surface area (TPSA) is 97.1 Å². The quantitative estimate of drug-likeness (QED) is 0.666. The lowest BCUT2D eigenvalue weighted by Gasteiger charge is -2.29. The lowest BCUT2D eigenvalue weighted by atomic mass is 9.83. The maximum Gasteiger partial charge on any atom is 0.335 e. The fourth-order valence-corrected chi connectivity index (χ4v) is 4.42. The highest BCUT2D eigenvalue weighted by Crippen LogP contribution is 2.56. The number of carbonyl (C=O) groups is 2. The van der Waals surface area contributed by atoms with Gasteiger partial charge in [-0.1, -0.05) is 17.7 Å². The van der Waals surface area contributed by atoms with Gasteiger partial charge in [-0.25, -0.2) is 9.48 Å². The average Bonchev–Trinajstić information content (AvgIpc) is 3.27. The molecule has 1 aromatic heterocycles. The Morgan fingerprint density at radius 3 is 2.90 bits per heavy atom. The van der Waals surface area contributed by atoms with E-state index in [-0.39, 0.29) is 11.5 Å². The molecule has 2 aliphatic carbocycles. The Morgan fingerprint density at radius 1 is 1.24 bits per heavy atom. The summed E-state index contributed by atoms with van der Waals surface area (Å²) in [6, 6.07) is 6.98. The molecule has 0 saturated heterocycles. The van der Waals surface area contributed by atoms with Crippen molar-refractivity contribution in [3.8, 4) is 5.69 Å². The number of aryl methyl sites for hydroxylation is 1. The van der Waals surface area contributed by atoms with Crippen molar-refractivity contribution in [2.24, 2.45) is 5.41 Å². The molecule has 2 fully saturated rings. The van der Waals surface area contributed by atoms with Crippen molar-refractivity contribution in [2.75, 3.05) is 0 Å². The summed E-state index contributed by atoms with van der Waals surface area (Å²) in [7, 11) is 0. The molecule has 29 heavy (non-hydrogen) atoms. The average molecular weight is 396 g/mol. The van der Waals surface area contributed by atoms with Crippen molar-refractivity contribution in [3.63, 3.8) is 0 Å². The molecule has 1 atom stereocenters. The van der Waals surface area contributed by atoms with Gasteiger partial charge in [0.1, 0.15) is 0 Å². The third kappa shape index (κ3) is 5.02. The normalized spacial score (nSPS) is 19.8. The summed E-state index contributed by atoms with van der Waals surface area (Å²) in [4.78, 5) is 23.3. The maximum absolute atomic E-state index is 12.2. The van der Waals surface area contributed by atoms with Crippen LogP contribution in [0.25, 0.3) is 5.69 Å². The molecule has 2 saturated carbocycles. The first kappa shape index (κ1) is 19.6. The predicted octanol–water partition coefficient (Wildman–Crippen LogP) is 3.52. The first-order valence-corrected chi connectivity index (χ1v) is 10.6. The summed E-state index contributed by atoms with van der Waals surface area (Å²) < 4.78 is 1.59. The molecule has 4 rings (SSSR count). The summed E-state index contributed by atoms with van der Waals surface area (Å²) in [6.45, 7) is 0. The Hall–Kier alpha value is -2.70. The maximum atomic E-state index is 12.2. The molecule has 1 unspecified atom stereocenters. The number of amides is 1. The number of rotatable bonds is 8. The minimum atomic E-state index is -0.967. The number of benzene rings is 1. The van der Waals surface area contributed by atoms with Gasteiger partial charge < -0.3 is 10.4 Å². The van der Waals surface area contributed by atoms with Crippen LogP contribution in [0.5, 0.6) is 0 Å². The first-order valence-electron chi connectivity index (χ1n) is 10.6. The second-order valence-corrected chi connectivity index (χ2v) is 8.58. The zero-order chi connectivity index (χ0) is 20.3. The van der Waals surface area contributed by atoms with Crippen molar-refractivity contribution in [1.82, 2.24) is 20.3 Å². The molecule has 2 aromatic rings. The molecule has 1 spiro atoms. The Kier molecular flexibility index (Phi) is 5.65. The number of aromatic carboxylic acids is 1. The molecular formula is C22H28N4O3. The molecule has 2 N–H and O–H groups in total. The number of hydrogen-bond donors (Lipinski definition) is 2. The second-order valence-electron chi connectivity index (χ2n) is 8.58. The van der Waals surface area contributed by atoms with Gasteiger partial charge >= 0.3 is 5.97 Å². The number of nitrogens with zero attached hydrogens (tertiary/aromatic N) is 3.